The van der Waals surface area contributed by atoms with E-state index >= 15 is 0 Å². The van der Waals surface area contributed by atoms with Crippen LogP contribution >= 0.6 is 0 Å². The lowest BCUT2D eigenvalue weighted by molar-refractivity contribution is 0.660. The zero-order valence-corrected chi connectivity index (χ0v) is 23.9. The van der Waals surface area contributed by atoms with Crippen LogP contribution in [0.2, 0.25) is 0 Å². The Hall–Kier alpha value is -4.62. The lowest BCUT2D eigenvalue weighted by Crippen LogP contribution is -2.16. The van der Waals surface area contributed by atoms with E-state index in [0.29, 0.717) is 0 Å². The van der Waals surface area contributed by atoms with Crippen molar-refractivity contribution in [2.75, 3.05) is 0 Å². The smallest absolute Gasteiger partial charge is 0.0544 e. The van der Waals surface area contributed by atoms with Crippen LogP contribution in [0.25, 0.3) is 60.5 Å². The molecule has 1 aromatic heterocycles. The summed E-state index contributed by atoms with van der Waals surface area (Å²) in [5, 5.41) is 5.38. The van der Waals surface area contributed by atoms with Gasteiger partial charge in [-0.2, -0.15) is 0 Å². The van der Waals surface area contributed by atoms with Crippen LogP contribution in [0.5, 0.6) is 0 Å². The van der Waals surface area contributed by atoms with Crippen molar-refractivity contribution in [3.8, 4) is 27.9 Å². The lowest BCUT2D eigenvalue weighted by Gasteiger charge is -2.24. The van der Waals surface area contributed by atoms with Gasteiger partial charge in [0.15, 0.2) is 0 Å². The summed E-state index contributed by atoms with van der Waals surface area (Å²) in [5.74, 6) is 0. The molecule has 1 heteroatoms. The number of hydrogen-bond acceptors (Lipinski definition) is 0. The van der Waals surface area contributed by atoms with Crippen molar-refractivity contribution in [1.29, 1.82) is 0 Å². The van der Waals surface area contributed by atoms with Gasteiger partial charge in [-0.3, -0.25) is 0 Å². The molecule has 0 unspecified atom stereocenters. The largest absolute Gasteiger partial charge is 0.309 e. The van der Waals surface area contributed by atoms with E-state index in [1.807, 2.05) is 0 Å². The van der Waals surface area contributed by atoms with Crippen molar-refractivity contribution in [1.82, 2.24) is 4.57 Å². The second kappa shape index (κ2) is 7.56. The van der Waals surface area contributed by atoms with Gasteiger partial charge in [0, 0.05) is 27.2 Å². The quantitative estimate of drug-likeness (QED) is 0.201. The first-order chi connectivity index (χ1) is 19.9. The van der Waals surface area contributed by atoms with Gasteiger partial charge in [0.1, 0.15) is 0 Å². The second-order valence-corrected chi connectivity index (χ2v) is 12.9. The summed E-state index contributed by atoms with van der Waals surface area (Å²) in [5.41, 5.74) is 14.8. The highest BCUT2D eigenvalue weighted by Gasteiger charge is 2.40. The van der Waals surface area contributed by atoms with E-state index in [1.54, 1.807) is 0 Å². The molecule has 0 fully saturated rings. The fraction of sp³-hybridized carbons (Fsp3) is 0.150. The maximum Gasteiger partial charge on any atom is 0.0544 e. The molecule has 7 aromatic rings. The van der Waals surface area contributed by atoms with Crippen molar-refractivity contribution in [2.45, 2.75) is 38.5 Å². The molecule has 41 heavy (non-hydrogen) atoms. The monoisotopic (exact) mass is 525 g/mol. The fourth-order valence-electron chi connectivity index (χ4n) is 8.41. The summed E-state index contributed by atoms with van der Waals surface area (Å²) >= 11 is 0. The molecular weight excluding hydrogens is 494 g/mol. The summed E-state index contributed by atoms with van der Waals surface area (Å²) in [6.07, 6.45) is 0. The molecule has 0 atom stereocenters. The molecule has 1 heterocycles. The first kappa shape index (κ1) is 23.1. The van der Waals surface area contributed by atoms with Crippen molar-refractivity contribution in [3.63, 3.8) is 0 Å². The average molecular weight is 526 g/mol. The van der Waals surface area contributed by atoms with Crippen molar-refractivity contribution in [3.05, 3.63) is 138 Å². The molecule has 0 amide bonds. The molecule has 0 spiro atoms. The molecular formula is C40H31N. The predicted molar refractivity (Wildman–Crippen MR) is 173 cm³/mol. The van der Waals surface area contributed by atoms with Gasteiger partial charge < -0.3 is 4.57 Å². The third kappa shape index (κ3) is 2.72. The van der Waals surface area contributed by atoms with Crippen LogP contribution in [0.4, 0.5) is 0 Å². The zero-order chi connectivity index (χ0) is 27.7. The summed E-state index contributed by atoms with van der Waals surface area (Å²) in [6.45, 7) is 9.58. The lowest BCUT2D eigenvalue weighted by atomic mass is 9.78. The second-order valence-electron chi connectivity index (χ2n) is 12.9. The molecule has 6 aromatic carbocycles. The molecule has 0 N–H and O–H groups in total. The molecule has 196 valence electrons. The zero-order valence-electron chi connectivity index (χ0n) is 23.9. The first-order valence-electron chi connectivity index (χ1n) is 14.7. The number of fused-ring (bicyclic) bond motifs is 12. The van der Waals surface area contributed by atoms with Gasteiger partial charge in [0.05, 0.1) is 16.7 Å². The van der Waals surface area contributed by atoms with E-state index < -0.39 is 0 Å². The maximum absolute atomic E-state index is 2.54. The maximum atomic E-state index is 2.54. The van der Waals surface area contributed by atoms with Gasteiger partial charge in [-0.25, -0.2) is 0 Å². The van der Waals surface area contributed by atoms with E-state index in [-0.39, 0.29) is 10.8 Å². The van der Waals surface area contributed by atoms with E-state index in [9.17, 15) is 0 Å². The number of hydrogen-bond donors (Lipinski definition) is 0. The van der Waals surface area contributed by atoms with Gasteiger partial charge >= 0.3 is 0 Å². The van der Waals surface area contributed by atoms with E-state index in [2.05, 4.69) is 148 Å². The number of aromatic nitrogens is 1. The minimum absolute atomic E-state index is 0.0351. The standard InChI is InChI=1S/C40H31N/c1-39(2)30-16-9-7-14-28(30)35-31(39)17-11-19-33(35)41-32-18-10-8-15-29(32)36-34(41)23-22-27-26-21-20-24-12-5-6-13-25(24)37(26)40(3,4)38(27)36/h5-23H,1-4H3. The van der Waals surface area contributed by atoms with Crippen molar-refractivity contribution < 1.29 is 0 Å². The average Bonchev–Trinajstić information content (AvgIpc) is 3.54. The Morgan fingerprint density at radius 1 is 0.463 bits per heavy atom. The molecule has 0 bridgehead atoms. The predicted octanol–water partition coefficient (Wildman–Crippen LogP) is 10.5. The molecule has 2 aliphatic rings. The van der Waals surface area contributed by atoms with Crippen molar-refractivity contribution >= 4 is 32.6 Å². The Kier molecular flexibility index (Phi) is 4.26. The Bertz CT molecular complexity index is 2260. The van der Waals surface area contributed by atoms with Crippen LogP contribution in [0.3, 0.4) is 0 Å². The molecule has 0 aliphatic heterocycles. The number of nitrogens with zero attached hydrogens (tertiary/aromatic N) is 1. The Labute approximate surface area is 240 Å². The molecule has 2 aliphatic carbocycles. The molecule has 1 nitrogen and oxygen atoms in total. The third-order valence-corrected chi connectivity index (χ3v) is 10.1. The number of rotatable bonds is 1. The Morgan fingerprint density at radius 2 is 1.15 bits per heavy atom. The van der Waals surface area contributed by atoms with E-state index in [4.69, 9.17) is 0 Å². The van der Waals surface area contributed by atoms with Gasteiger partial charge in [-0.15, -0.1) is 0 Å². The first-order valence-corrected chi connectivity index (χ1v) is 14.7. The van der Waals surface area contributed by atoms with Crippen LogP contribution in [0.1, 0.15) is 49.9 Å². The third-order valence-electron chi connectivity index (χ3n) is 10.1. The minimum Gasteiger partial charge on any atom is -0.309 e. The van der Waals surface area contributed by atoms with Gasteiger partial charge in [0.2, 0.25) is 0 Å². The van der Waals surface area contributed by atoms with Crippen LogP contribution in [0.15, 0.2) is 115 Å². The minimum atomic E-state index is -0.132. The SMILES string of the molecule is CC1(C)c2ccccc2-c2c(-n3c4ccccc4c4c5c(ccc43)-c3ccc4ccccc4c3C5(C)C)cccc21. The summed E-state index contributed by atoms with van der Waals surface area (Å²) in [6, 6.07) is 43.2. The van der Waals surface area contributed by atoms with Gasteiger partial charge in [0.25, 0.3) is 0 Å². The molecule has 0 saturated heterocycles. The number of benzene rings is 6. The Balaban J connectivity index is 1.42. The normalized spacial score (nSPS) is 15.7. The van der Waals surface area contributed by atoms with Gasteiger partial charge in [-0.1, -0.05) is 125 Å². The summed E-state index contributed by atoms with van der Waals surface area (Å²) in [7, 11) is 0. The topological polar surface area (TPSA) is 4.93 Å². The molecule has 9 rings (SSSR count). The summed E-state index contributed by atoms with van der Waals surface area (Å²) in [4.78, 5) is 0. The fourth-order valence-corrected chi connectivity index (χ4v) is 8.41. The van der Waals surface area contributed by atoms with Crippen molar-refractivity contribution in [2.24, 2.45) is 0 Å². The van der Waals surface area contributed by atoms with Crippen LogP contribution in [0, 0.1) is 0 Å². The highest BCUT2D eigenvalue weighted by molar-refractivity contribution is 6.16. The van der Waals surface area contributed by atoms with E-state index in [1.165, 1.54) is 82.8 Å². The number of para-hydroxylation sites is 1. The molecule has 0 radical (unpaired) electrons. The van der Waals surface area contributed by atoms with Gasteiger partial charge in [-0.05, 0) is 67.9 Å². The highest BCUT2D eigenvalue weighted by atomic mass is 15.0. The van der Waals surface area contributed by atoms with E-state index in [0.717, 1.165) is 0 Å². The van der Waals surface area contributed by atoms with Crippen LogP contribution < -0.4 is 0 Å². The summed E-state index contributed by atoms with van der Waals surface area (Å²) < 4.78 is 2.54. The Morgan fingerprint density at radius 3 is 2.02 bits per heavy atom. The molecule has 0 saturated carbocycles. The highest BCUT2D eigenvalue weighted by Crippen LogP contribution is 2.56. The van der Waals surface area contributed by atoms with Crippen LogP contribution in [-0.2, 0) is 10.8 Å². The van der Waals surface area contributed by atoms with Crippen LogP contribution in [-0.4, -0.2) is 4.57 Å².